The molecule has 0 N–H and O–H groups in total. The Hall–Kier alpha value is -1.68. The molecule has 1 aromatic carbocycles. The van der Waals surface area contributed by atoms with Crippen LogP contribution >= 0.6 is 11.3 Å². The van der Waals surface area contributed by atoms with Crippen molar-refractivity contribution >= 4 is 27.5 Å². The van der Waals surface area contributed by atoms with Gasteiger partial charge in [-0.15, -0.1) is 11.3 Å². The Labute approximate surface area is 90.8 Å². The zero-order valence-corrected chi connectivity index (χ0v) is 8.95. The second kappa shape index (κ2) is 3.82. The van der Waals surface area contributed by atoms with Crippen molar-refractivity contribution in [2.24, 2.45) is 0 Å². The number of hydrogen-bond acceptors (Lipinski definition) is 3. The van der Waals surface area contributed by atoms with Gasteiger partial charge in [0, 0.05) is 17.7 Å². The summed E-state index contributed by atoms with van der Waals surface area (Å²) >= 11 is 1.60. The molecule has 0 aliphatic carbocycles. The van der Waals surface area contributed by atoms with Crippen molar-refractivity contribution in [2.45, 2.75) is 6.92 Å². The van der Waals surface area contributed by atoms with Crippen LogP contribution in [0.4, 0.5) is 0 Å². The molecular weight excluding hydrogens is 210 g/mol. The molecule has 0 saturated heterocycles. The normalized spacial score (nSPS) is 11.9. The van der Waals surface area contributed by atoms with Gasteiger partial charge >= 0.3 is 0 Å². The highest BCUT2D eigenvalue weighted by molar-refractivity contribution is 7.17. The van der Waals surface area contributed by atoms with Crippen LogP contribution in [0.1, 0.15) is 12.5 Å². The molecule has 0 atom stereocenters. The van der Waals surface area contributed by atoms with Crippen molar-refractivity contribution in [2.75, 3.05) is 0 Å². The minimum atomic E-state index is -0.369. The summed E-state index contributed by atoms with van der Waals surface area (Å²) in [5.41, 5.74) is 1.09. The first-order valence-electron chi connectivity index (χ1n) is 4.47. The van der Waals surface area contributed by atoms with E-state index in [4.69, 9.17) is 0 Å². The van der Waals surface area contributed by atoms with Gasteiger partial charge in [-0.05, 0) is 22.4 Å². The highest BCUT2D eigenvalue weighted by Crippen LogP contribution is 2.27. The third-order valence-electron chi connectivity index (χ3n) is 2.16. The Balaban J connectivity index is 2.54. The first kappa shape index (κ1) is 9.86. The fraction of sp³-hybridized carbons (Fsp3) is 0.0909. The van der Waals surface area contributed by atoms with Crippen LogP contribution in [0.25, 0.3) is 16.2 Å². The number of allylic oxidation sites excluding steroid dienone is 1. The van der Waals surface area contributed by atoms with Crippen molar-refractivity contribution in [1.29, 1.82) is 0 Å². The lowest BCUT2D eigenvalue weighted by molar-refractivity contribution is -0.422. The standard InChI is InChI=1S/C11H9NO2S/c1-8(12(13)14)6-9-7-15-11-5-3-2-4-10(9)11/h2-7H,1H3/b8-6+. The second-order valence-electron chi connectivity index (χ2n) is 3.23. The van der Waals surface area contributed by atoms with Gasteiger partial charge in [0.25, 0.3) is 0 Å². The van der Waals surface area contributed by atoms with Crippen LogP contribution in [0.15, 0.2) is 35.3 Å². The van der Waals surface area contributed by atoms with Gasteiger partial charge in [0.1, 0.15) is 0 Å². The molecule has 0 bridgehead atoms. The fourth-order valence-electron chi connectivity index (χ4n) is 1.39. The molecule has 1 heterocycles. The molecule has 0 unspecified atom stereocenters. The second-order valence-corrected chi connectivity index (χ2v) is 4.14. The van der Waals surface area contributed by atoms with E-state index in [0.29, 0.717) is 0 Å². The van der Waals surface area contributed by atoms with E-state index < -0.39 is 0 Å². The number of hydrogen-bond donors (Lipinski definition) is 0. The number of fused-ring (bicyclic) bond motifs is 1. The Kier molecular flexibility index (Phi) is 2.51. The molecule has 2 rings (SSSR count). The van der Waals surface area contributed by atoms with E-state index in [-0.39, 0.29) is 10.6 Å². The van der Waals surface area contributed by atoms with Crippen molar-refractivity contribution in [1.82, 2.24) is 0 Å². The fourth-order valence-corrected chi connectivity index (χ4v) is 2.31. The van der Waals surface area contributed by atoms with Gasteiger partial charge in [-0.3, -0.25) is 10.1 Å². The molecule has 0 amide bonds. The summed E-state index contributed by atoms with van der Waals surface area (Å²) < 4.78 is 1.15. The molecule has 0 radical (unpaired) electrons. The van der Waals surface area contributed by atoms with Gasteiger partial charge in [-0.25, -0.2) is 0 Å². The lowest BCUT2D eigenvalue weighted by Crippen LogP contribution is -1.92. The van der Waals surface area contributed by atoms with E-state index in [1.54, 1.807) is 17.4 Å². The highest BCUT2D eigenvalue weighted by atomic mass is 32.1. The van der Waals surface area contributed by atoms with Crippen molar-refractivity contribution < 1.29 is 4.92 Å². The lowest BCUT2D eigenvalue weighted by atomic mass is 10.1. The van der Waals surface area contributed by atoms with Crippen LogP contribution in [0, 0.1) is 10.1 Å². The number of thiophene rings is 1. The summed E-state index contributed by atoms with van der Waals surface area (Å²) in [6, 6.07) is 7.89. The smallest absolute Gasteiger partial charge is 0.243 e. The van der Waals surface area contributed by atoms with Crippen LogP contribution in [0.3, 0.4) is 0 Å². The first-order chi connectivity index (χ1) is 7.18. The molecule has 0 spiro atoms. The van der Waals surface area contributed by atoms with Crippen LogP contribution in [0.5, 0.6) is 0 Å². The van der Waals surface area contributed by atoms with Crippen molar-refractivity contribution in [3.05, 3.63) is 51.0 Å². The molecule has 0 aliphatic heterocycles. The molecule has 4 heteroatoms. The van der Waals surface area contributed by atoms with Gasteiger partial charge in [-0.1, -0.05) is 18.2 Å². The van der Waals surface area contributed by atoms with E-state index in [0.717, 1.165) is 15.6 Å². The molecular formula is C11H9NO2S. The van der Waals surface area contributed by atoms with Crippen LogP contribution in [-0.4, -0.2) is 4.92 Å². The summed E-state index contributed by atoms with van der Waals surface area (Å²) in [4.78, 5) is 10.1. The Morgan fingerprint density at radius 3 is 2.93 bits per heavy atom. The lowest BCUT2D eigenvalue weighted by Gasteiger charge is -1.91. The zero-order valence-electron chi connectivity index (χ0n) is 8.14. The maximum absolute atomic E-state index is 10.5. The number of nitrogens with zero attached hydrogens (tertiary/aromatic N) is 1. The molecule has 1 aromatic heterocycles. The number of rotatable bonds is 2. The average molecular weight is 219 g/mol. The zero-order chi connectivity index (χ0) is 10.8. The summed E-state index contributed by atoms with van der Waals surface area (Å²) in [5, 5.41) is 13.5. The third-order valence-corrected chi connectivity index (χ3v) is 3.15. The molecule has 15 heavy (non-hydrogen) atoms. The summed E-state index contributed by atoms with van der Waals surface area (Å²) in [5.74, 6) is 0. The maximum Gasteiger partial charge on any atom is 0.243 e. The molecule has 0 fully saturated rings. The van der Waals surface area contributed by atoms with Crippen LogP contribution in [0.2, 0.25) is 0 Å². The monoisotopic (exact) mass is 219 g/mol. The quantitative estimate of drug-likeness (QED) is 0.572. The minimum absolute atomic E-state index is 0.165. The van der Waals surface area contributed by atoms with Crippen LogP contribution < -0.4 is 0 Å². The Morgan fingerprint density at radius 1 is 1.47 bits per heavy atom. The Morgan fingerprint density at radius 2 is 2.20 bits per heavy atom. The van der Waals surface area contributed by atoms with Crippen molar-refractivity contribution in [3.8, 4) is 0 Å². The topological polar surface area (TPSA) is 43.1 Å². The van der Waals surface area contributed by atoms with E-state index >= 15 is 0 Å². The first-order valence-corrected chi connectivity index (χ1v) is 5.35. The Bertz CT molecular complexity index is 542. The molecule has 3 nitrogen and oxygen atoms in total. The SMILES string of the molecule is C/C(=C\c1csc2ccccc12)[N+](=O)[O-]. The van der Waals surface area contributed by atoms with E-state index in [1.165, 1.54) is 6.92 Å². The molecule has 2 aromatic rings. The number of benzene rings is 1. The molecule has 0 aliphatic rings. The maximum atomic E-state index is 10.5. The largest absolute Gasteiger partial charge is 0.259 e. The summed E-state index contributed by atoms with van der Waals surface area (Å²) in [6.45, 7) is 1.51. The van der Waals surface area contributed by atoms with Gasteiger partial charge < -0.3 is 0 Å². The number of nitro groups is 1. The highest BCUT2D eigenvalue weighted by Gasteiger charge is 2.06. The predicted octanol–water partition coefficient (Wildman–Crippen LogP) is 3.54. The third kappa shape index (κ3) is 1.89. The van der Waals surface area contributed by atoms with E-state index in [1.807, 2.05) is 29.6 Å². The average Bonchev–Trinajstić information content (AvgIpc) is 2.62. The van der Waals surface area contributed by atoms with Gasteiger partial charge in [0.05, 0.1) is 4.92 Å². The van der Waals surface area contributed by atoms with Crippen molar-refractivity contribution in [3.63, 3.8) is 0 Å². The van der Waals surface area contributed by atoms with E-state index in [9.17, 15) is 10.1 Å². The summed E-state index contributed by atoms with van der Waals surface area (Å²) in [6.07, 6.45) is 1.61. The van der Waals surface area contributed by atoms with E-state index in [2.05, 4.69) is 0 Å². The molecule has 76 valence electrons. The van der Waals surface area contributed by atoms with Gasteiger partial charge in [0.15, 0.2) is 0 Å². The minimum Gasteiger partial charge on any atom is -0.259 e. The van der Waals surface area contributed by atoms with Gasteiger partial charge in [0.2, 0.25) is 5.70 Å². The predicted molar refractivity (Wildman–Crippen MR) is 62.5 cm³/mol. The van der Waals surface area contributed by atoms with Gasteiger partial charge in [-0.2, -0.15) is 0 Å². The summed E-state index contributed by atoms with van der Waals surface area (Å²) in [7, 11) is 0. The van der Waals surface area contributed by atoms with Crippen LogP contribution in [-0.2, 0) is 0 Å². The molecule has 0 saturated carbocycles.